The molecule has 7 heteroatoms. The lowest BCUT2D eigenvalue weighted by atomic mass is 10.0. The van der Waals surface area contributed by atoms with Crippen molar-refractivity contribution in [2.75, 3.05) is 20.7 Å². The molecule has 7 nitrogen and oxygen atoms in total. The molecule has 1 saturated heterocycles. The molecule has 0 spiro atoms. The molecule has 144 valence electrons. The number of methoxy groups -OCH3 is 1. The van der Waals surface area contributed by atoms with Crippen molar-refractivity contribution in [2.45, 2.75) is 31.4 Å². The first-order valence-corrected chi connectivity index (χ1v) is 9.22. The van der Waals surface area contributed by atoms with Crippen LogP contribution in [0, 0.1) is 11.8 Å². The van der Waals surface area contributed by atoms with Gasteiger partial charge in [0.05, 0.1) is 12.8 Å². The summed E-state index contributed by atoms with van der Waals surface area (Å²) in [6, 6.07) is 7.45. The zero-order chi connectivity index (χ0) is 19.9. The maximum Gasteiger partial charge on any atom is 0.374 e. The molecule has 1 fully saturated rings. The SMILES string of the molecule is COC(=O)c1nc(-c2cccc(C#C[C@]3(O)CCN(C)C3=O)c2)c2n1CCC2. The third kappa shape index (κ3) is 2.96. The molecule has 28 heavy (non-hydrogen) atoms. The second kappa shape index (κ2) is 6.80. The van der Waals surface area contributed by atoms with E-state index in [1.807, 2.05) is 28.8 Å². The average molecular weight is 379 g/mol. The smallest absolute Gasteiger partial charge is 0.374 e. The Morgan fingerprint density at radius 1 is 1.36 bits per heavy atom. The summed E-state index contributed by atoms with van der Waals surface area (Å²) in [7, 11) is 3.00. The predicted octanol–water partition coefficient (Wildman–Crippen LogP) is 1.23. The number of rotatable bonds is 2. The number of hydrogen-bond donors (Lipinski definition) is 1. The first kappa shape index (κ1) is 18.3. The Balaban J connectivity index is 1.69. The molecule has 1 N–H and O–H groups in total. The fourth-order valence-electron chi connectivity index (χ4n) is 3.75. The summed E-state index contributed by atoms with van der Waals surface area (Å²) in [5.41, 5.74) is 1.65. The lowest BCUT2D eigenvalue weighted by Gasteiger charge is -2.13. The number of aromatic nitrogens is 2. The van der Waals surface area contributed by atoms with Crippen molar-refractivity contribution in [1.29, 1.82) is 0 Å². The first-order valence-electron chi connectivity index (χ1n) is 9.22. The number of likely N-dealkylation sites (N-methyl/N-ethyl adjacent to an activating group) is 1. The normalized spacial score (nSPS) is 20.7. The van der Waals surface area contributed by atoms with Crippen LogP contribution < -0.4 is 0 Å². The summed E-state index contributed by atoms with van der Waals surface area (Å²) in [6.07, 6.45) is 2.10. The second-order valence-electron chi connectivity index (χ2n) is 7.15. The molecule has 1 atom stereocenters. The largest absolute Gasteiger partial charge is 0.463 e. The van der Waals surface area contributed by atoms with Gasteiger partial charge in [-0.25, -0.2) is 9.78 Å². The minimum atomic E-state index is -1.63. The van der Waals surface area contributed by atoms with Gasteiger partial charge in [0.25, 0.3) is 5.91 Å². The summed E-state index contributed by atoms with van der Waals surface area (Å²) >= 11 is 0. The van der Waals surface area contributed by atoms with Gasteiger partial charge in [0.15, 0.2) is 0 Å². The molecule has 0 radical (unpaired) electrons. The maximum absolute atomic E-state index is 12.1. The highest BCUT2D eigenvalue weighted by atomic mass is 16.5. The molecule has 0 saturated carbocycles. The van der Waals surface area contributed by atoms with E-state index < -0.39 is 11.6 Å². The van der Waals surface area contributed by atoms with Gasteiger partial charge < -0.3 is 19.3 Å². The van der Waals surface area contributed by atoms with Crippen molar-refractivity contribution < 1.29 is 19.4 Å². The van der Waals surface area contributed by atoms with Gasteiger partial charge in [0.2, 0.25) is 11.4 Å². The molecular weight excluding hydrogens is 358 g/mol. The highest BCUT2D eigenvalue weighted by molar-refractivity contribution is 5.90. The van der Waals surface area contributed by atoms with Crippen LogP contribution in [0.25, 0.3) is 11.3 Å². The third-order valence-corrected chi connectivity index (χ3v) is 5.29. The van der Waals surface area contributed by atoms with E-state index in [0.29, 0.717) is 24.4 Å². The molecule has 2 aliphatic rings. The number of aliphatic hydroxyl groups is 1. The van der Waals surface area contributed by atoms with Crippen molar-refractivity contribution in [1.82, 2.24) is 14.5 Å². The van der Waals surface area contributed by atoms with Crippen LogP contribution in [0.4, 0.5) is 0 Å². The minimum absolute atomic E-state index is 0.298. The van der Waals surface area contributed by atoms with E-state index in [9.17, 15) is 14.7 Å². The van der Waals surface area contributed by atoms with Crippen LogP contribution in [0.2, 0.25) is 0 Å². The van der Waals surface area contributed by atoms with E-state index in [1.54, 1.807) is 7.05 Å². The summed E-state index contributed by atoms with van der Waals surface area (Å²) < 4.78 is 6.76. The summed E-state index contributed by atoms with van der Waals surface area (Å²) in [5, 5.41) is 10.5. The average Bonchev–Trinajstić information content (AvgIpc) is 3.38. The second-order valence-corrected chi connectivity index (χ2v) is 7.15. The van der Waals surface area contributed by atoms with Crippen LogP contribution in [-0.2, 0) is 22.5 Å². The minimum Gasteiger partial charge on any atom is -0.463 e. The summed E-state index contributed by atoms with van der Waals surface area (Å²) in [6.45, 7) is 1.23. The van der Waals surface area contributed by atoms with Gasteiger partial charge >= 0.3 is 5.97 Å². The van der Waals surface area contributed by atoms with Crippen molar-refractivity contribution in [2.24, 2.45) is 0 Å². The summed E-state index contributed by atoms with van der Waals surface area (Å²) in [4.78, 5) is 30.1. The zero-order valence-electron chi connectivity index (χ0n) is 15.9. The number of esters is 1. The lowest BCUT2D eigenvalue weighted by Crippen LogP contribution is -2.37. The number of ether oxygens (including phenoxy) is 1. The van der Waals surface area contributed by atoms with E-state index in [-0.39, 0.29) is 5.91 Å². The Kier molecular flexibility index (Phi) is 4.44. The lowest BCUT2D eigenvalue weighted by molar-refractivity contribution is -0.137. The van der Waals surface area contributed by atoms with Crippen LogP contribution in [-0.4, -0.2) is 57.7 Å². The number of carbonyl (C=O) groups excluding carboxylic acids is 2. The highest BCUT2D eigenvalue weighted by Gasteiger charge is 2.42. The fraction of sp³-hybridized carbons (Fsp3) is 0.381. The van der Waals surface area contributed by atoms with Gasteiger partial charge in [0, 0.05) is 43.4 Å². The van der Waals surface area contributed by atoms with Gasteiger partial charge in [-0.15, -0.1) is 0 Å². The van der Waals surface area contributed by atoms with Crippen molar-refractivity contribution in [3.8, 4) is 23.1 Å². The zero-order valence-corrected chi connectivity index (χ0v) is 15.9. The van der Waals surface area contributed by atoms with E-state index in [4.69, 9.17) is 4.74 Å². The quantitative estimate of drug-likeness (QED) is 0.627. The van der Waals surface area contributed by atoms with Crippen molar-refractivity contribution >= 4 is 11.9 Å². The fourth-order valence-corrected chi connectivity index (χ4v) is 3.75. The highest BCUT2D eigenvalue weighted by Crippen LogP contribution is 2.30. The number of amides is 1. The maximum atomic E-state index is 12.1. The van der Waals surface area contributed by atoms with Gasteiger partial charge in [-0.3, -0.25) is 4.79 Å². The Morgan fingerprint density at radius 3 is 2.89 bits per heavy atom. The van der Waals surface area contributed by atoms with Crippen LogP contribution in [0.3, 0.4) is 0 Å². The van der Waals surface area contributed by atoms with Crippen LogP contribution >= 0.6 is 0 Å². The van der Waals surface area contributed by atoms with Gasteiger partial charge in [-0.05, 0) is 25.0 Å². The number of fused-ring (bicyclic) bond motifs is 1. The molecule has 3 heterocycles. The number of likely N-dealkylation sites (tertiary alicyclic amines) is 1. The number of benzene rings is 1. The molecule has 0 unspecified atom stereocenters. The Bertz CT molecular complexity index is 1030. The molecule has 2 aliphatic heterocycles. The van der Waals surface area contributed by atoms with Crippen LogP contribution in [0.15, 0.2) is 24.3 Å². The monoisotopic (exact) mass is 379 g/mol. The molecule has 1 aromatic heterocycles. The number of imidazole rings is 1. The molecule has 0 aliphatic carbocycles. The van der Waals surface area contributed by atoms with E-state index in [0.717, 1.165) is 36.3 Å². The summed E-state index contributed by atoms with van der Waals surface area (Å²) in [5.74, 6) is 5.15. The van der Waals surface area contributed by atoms with Gasteiger partial charge in [-0.1, -0.05) is 24.0 Å². The van der Waals surface area contributed by atoms with E-state index in [1.165, 1.54) is 12.0 Å². The van der Waals surface area contributed by atoms with Crippen LogP contribution in [0.1, 0.15) is 34.7 Å². The topological polar surface area (TPSA) is 84.7 Å². The molecular formula is C21H21N3O4. The van der Waals surface area contributed by atoms with Gasteiger partial charge in [-0.2, -0.15) is 0 Å². The standard InChI is InChI=1S/C21H21N3O4/c1-23-12-10-21(27,20(23)26)9-8-14-5-3-6-15(13-14)17-16-7-4-11-24(16)18(22-17)19(25)28-2/h3,5-6,13,27H,4,7,10-12H2,1-2H3/t21-/m0/s1. The number of nitrogens with zero attached hydrogens (tertiary/aromatic N) is 3. The van der Waals surface area contributed by atoms with Gasteiger partial charge in [0.1, 0.15) is 0 Å². The van der Waals surface area contributed by atoms with Crippen LogP contribution in [0.5, 0.6) is 0 Å². The number of carbonyl (C=O) groups is 2. The van der Waals surface area contributed by atoms with Crippen molar-refractivity contribution in [3.63, 3.8) is 0 Å². The van der Waals surface area contributed by atoms with Crippen molar-refractivity contribution in [3.05, 3.63) is 41.3 Å². The molecule has 1 amide bonds. The Hall–Kier alpha value is -3.11. The first-order chi connectivity index (χ1) is 13.4. The molecule has 4 rings (SSSR count). The van der Waals surface area contributed by atoms with E-state index >= 15 is 0 Å². The molecule has 0 bridgehead atoms. The van der Waals surface area contributed by atoms with E-state index in [2.05, 4.69) is 16.8 Å². The Labute approximate surface area is 162 Å². The third-order valence-electron chi connectivity index (χ3n) is 5.29. The predicted molar refractivity (Wildman–Crippen MR) is 101 cm³/mol. The Morgan fingerprint density at radius 2 is 2.18 bits per heavy atom. The molecule has 2 aromatic rings. The molecule has 1 aromatic carbocycles. The number of hydrogen-bond acceptors (Lipinski definition) is 5.